The lowest BCUT2D eigenvalue weighted by molar-refractivity contribution is -0.384. The number of nitro groups is 1. The number of hydrogen-bond acceptors (Lipinski definition) is 4. The number of nitrogens with zero attached hydrogens (tertiary/aromatic N) is 2. The molecule has 0 bridgehead atoms. The predicted molar refractivity (Wildman–Crippen MR) is 79.0 cm³/mol. The molecule has 1 aromatic carbocycles. The van der Waals surface area contributed by atoms with E-state index in [4.69, 9.17) is 0 Å². The Labute approximate surface area is 118 Å². The van der Waals surface area contributed by atoms with Crippen molar-refractivity contribution < 1.29 is 9.72 Å². The summed E-state index contributed by atoms with van der Waals surface area (Å²) in [6, 6.07) is 4.45. The van der Waals surface area contributed by atoms with Gasteiger partial charge in [-0.3, -0.25) is 14.9 Å². The van der Waals surface area contributed by atoms with Crippen molar-refractivity contribution in [1.82, 2.24) is 4.90 Å². The molecule has 6 heteroatoms. The number of benzene rings is 1. The smallest absolute Gasteiger partial charge is 0.292 e. The van der Waals surface area contributed by atoms with Gasteiger partial charge in [0.15, 0.2) is 0 Å². The van der Waals surface area contributed by atoms with Crippen LogP contribution in [0.4, 0.5) is 11.4 Å². The minimum atomic E-state index is -0.445. The average Bonchev–Trinajstić information content (AvgIpc) is 2.37. The highest BCUT2D eigenvalue weighted by molar-refractivity contribution is 5.95. The first-order valence-corrected chi connectivity index (χ1v) is 6.50. The van der Waals surface area contributed by atoms with E-state index in [9.17, 15) is 14.9 Å². The molecule has 0 aliphatic rings. The molecule has 1 unspecified atom stereocenters. The maximum Gasteiger partial charge on any atom is 0.292 e. The number of nitrogens with one attached hydrogen (secondary N) is 1. The standard InChI is InChI=1S/C14H21N3O3/c1-9(2)10(3)15-12-8-11(14(18)16(4)5)6-7-13(12)17(19)20/h6-10,15H,1-5H3. The molecule has 0 aliphatic heterocycles. The molecule has 1 amide bonds. The van der Waals surface area contributed by atoms with Gasteiger partial charge in [0.05, 0.1) is 4.92 Å². The van der Waals surface area contributed by atoms with Crippen LogP contribution in [-0.2, 0) is 0 Å². The van der Waals surface area contributed by atoms with Crippen molar-refractivity contribution in [2.75, 3.05) is 19.4 Å². The summed E-state index contributed by atoms with van der Waals surface area (Å²) in [6.45, 7) is 6.01. The topological polar surface area (TPSA) is 75.5 Å². The van der Waals surface area contributed by atoms with Crippen LogP contribution in [0.3, 0.4) is 0 Å². The number of hydrogen-bond donors (Lipinski definition) is 1. The summed E-state index contributed by atoms with van der Waals surface area (Å²) in [7, 11) is 3.29. The Balaban J connectivity index is 3.19. The largest absolute Gasteiger partial charge is 0.377 e. The van der Waals surface area contributed by atoms with Crippen LogP contribution < -0.4 is 5.32 Å². The molecule has 0 spiro atoms. The maximum absolute atomic E-state index is 11.9. The van der Waals surface area contributed by atoms with E-state index in [1.54, 1.807) is 20.2 Å². The predicted octanol–water partition coefficient (Wildman–Crippen LogP) is 2.75. The second-order valence-corrected chi connectivity index (χ2v) is 5.37. The Morgan fingerprint density at radius 1 is 1.30 bits per heavy atom. The molecule has 0 aliphatic carbocycles. The van der Waals surface area contributed by atoms with Crippen LogP contribution in [-0.4, -0.2) is 35.9 Å². The molecular weight excluding hydrogens is 258 g/mol. The van der Waals surface area contributed by atoms with Crippen LogP contribution in [0.2, 0.25) is 0 Å². The number of carbonyl (C=O) groups excluding carboxylic acids is 1. The van der Waals surface area contributed by atoms with Crippen LogP contribution in [0.1, 0.15) is 31.1 Å². The minimum absolute atomic E-state index is 0.0205. The van der Waals surface area contributed by atoms with Gasteiger partial charge in [0, 0.05) is 31.8 Å². The van der Waals surface area contributed by atoms with E-state index in [0.717, 1.165) is 0 Å². The molecule has 1 N–H and O–H groups in total. The van der Waals surface area contributed by atoms with Crippen LogP contribution in [0.25, 0.3) is 0 Å². The summed E-state index contributed by atoms with van der Waals surface area (Å²) in [5.41, 5.74) is 0.788. The Morgan fingerprint density at radius 2 is 1.90 bits per heavy atom. The van der Waals surface area contributed by atoms with E-state index in [-0.39, 0.29) is 17.6 Å². The van der Waals surface area contributed by atoms with E-state index < -0.39 is 4.92 Å². The van der Waals surface area contributed by atoms with Crippen molar-refractivity contribution >= 4 is 17.3 Å². The zero-order valence-corrected chi connectivity index (χ0v) is 12.5. The summed E-state index contributed by atoms with van der Waals surface area (Å²) >= 11 is 0. The fourth-order valence-corrected chi connectivity index (χ4v) is 1.61. The summed E-state index contributed by atoms with van der Waals surface area (Å²) in [4.78, 5) is 24.0. The van der Waals surface area contributed by atoms with Crippen molar-refractivity contribution in [1.29, 1.82) is 0 Å². The molecule has 0 aromatic heterocycles. The van der Waals surface area contributed by atoms with E-state index in [2.05, 4.69) is 5.32 Å². The van der Waals surface area contributed by atoms with E-state index in [0.29, 0.717) is 17.2 Å². The third-order valence-corrected chi connectivity index (χ3v) is 3.23. The lowest BCUT2D eigenvalue weighted by atomic mass is 10.1. The molecule has 0 heterocycles. The van der Waals surface area contributed by atoms with Gasteiger partial charge < -0.3 is 10.2 Å². The molecule has 20 heavy (non-hydrogen) atoms. The Kier molecular flexibility index (Phi) is 5.07. The van der Waals surface area contributed by atoms with Gasteiger partial charge in [-0.1, -0.05) is 13.8 Å². The van der Waals surface area contributed by atoms with Crippen molar-refractivity contribution in [2.24, 2.45) is 5.92 Å². The van der Waals surface area contributed by atoms with Crippen molar-refractivity contribution in [3.63, 3.8) is 0 Å². The van der Waals surface area contributed by atoms with Gasteiger partial charge in [-0.05, 0) is 25.0 Å². The molecule has 6 nitrogen and oxygen atoms in total. The van der Waals surface area contributed by atoms with Gasteiger partial charge in [0.2, 0.25) is 0 Å². The Bertz CT molecular complexity index is 512. The van der Waals surface area contributed by atoms with Crippen molar-refractivity contribution in [3.8, 4) is 0 Å². The molecule has 0 radical (unpaired) electrons. The number of nitro benzene ring substituents is 1. The van der Waals surface area contributed by atoms with Crippen LogP contribution in [0.5, 0.6) is 0 Å². The van der Waals surface area contributed by atoms with Gasteiger partial charge in [-0.15, -0.1) is 0 Å². The molecule has 0 fully saturated rings. The van der Waals surface area contributed by atoms with Gasteiger partial charge in [0.1, 0.15) is 5.69 Å². The van der Waals surface area contributed by atoms with Gasteiger partial charge >= 0.3 is 0 Å². The first-order chi connectivity index (χ1) is 9.23. The molecule has 1 aromatic rings. The number of rotatable bonds is 5. The summed E-state index contributed by atoms with van der Waals surface area (Å²) < 4.78 is 0. The van der Waals surface area contributed by atoms with Crippen molar-refractivity contribution in [2.45, 2.75) is 26.8 Å². The first kappa shape index (κ1) is 15.9. The Morgan fingerprint density at radius 3 is 2.35 bits per heavy atom. The molecular formula is C14H21N3O3. The number of amides is 1. The lowest BCUT2D eigenvalue weighted by Gasteiger charge is -2.19. The highest BCUT2D eigenvalue weighted by atomic mass is 16.6. The normalized spacial score (nSPS) is 12.1. The van der Waals surface area contributed by atoms with Gasteiger partial charge in [-0.25, -0.2) is 0 Å². The van der Waals surface area contributed by atoms with Crippen LogP contribution in [0.15, 0.2) is 18.2 Å². The fraction of sp³-hybridized carbons (Fsp3) is 0.500. The lowest BCUT2D eigenvalue weighted by Crippen LogP contribution is -2.24. The second kappa shape index (κ2) is 6.36. The van der Waals surface area contributed by atoms with E-state index in [1.807, 2.05) is 20.8 Å². The third kappa shape index (κ3) is 3.69. The molecule has 1 atom stereocenters. The molecule has 0 saturated carbocycles. The highest BCUT2D eigenvalue weighted by Gasteiger charge is 2.19. The third-order valence-electron chi connectivity index (χ3n) is 3.23. The van der Waals surface area contributed by atoms with Crippen molar-refractivity contribution in [3.05, 3.63) is 33.9 Å². The SMILES string of the molecule is CC(C)C(C)Nc1cc(C(=O)N(C)C)ccc1[N+](=O)[O-]. The summed E-state index contributed by atoms with van der Waals surface area (Å²) in [5.74, 6) is 0.142. The fourth-order valence-electron chi connectivity index (χ4n) is 1.61. The zero-order valence-electron chi connectivity index (χ0n) is 12.5. The van der Waals surface area contributed by atoms with Gasteiger partial charge in [0.25, 0.3) is 11.6 Å². The zero-order chi connectivity index (χ0) is 15.4. The van der Waals surface area contributed by atoms with E-state index in [1.165, 1.54) is 17.0 Å². The second-order valence-electron chi connectivity index (χ2n) is 5.37. The molecule has 1 rings (SSSR count). The maximum atomic E-state index is 11.9. The minimum Gasteiger partial charge on any atom is -0.377 e. The molecule has 110 valence electrons. The number of carbonyl (C=O) groups is 1. The number of anilines is 1. The monoisotopic (exact) mass is 279 g/mol. The Hall–Kier alpha value is -2.11. The quantitative estimate of drug-likeness (QED) is 0.664. The average molecular weight is 279 g/mol. The highest BCUT2D eigenvalue weighted by Crippen LogP contribution is 2.27. The van der Waals surface area contributed by atoms with Gasteiger partial charge in [-0.2, -0.15) is 0 Å². The first-order valence-electron chi connectivity index (χ1n) is 6.50. The van der Waals surface area contributed by atoms with Crippen LogP contribution >= 0.6 is 0 Å². The van der Waals surface area contributed by atoms with Crippen LogP contribution in [0, 0.1) is 16.0 Å². The molecule has 0 saturated heterocycles. The van der Waals surface area contributed by atoms with E-state index >= 15 is 0 Å². The summed E-state index contributed by atoms with van der Waals surface area (Å²) in [5, 5.41) is 14.2. The summed E-state index contributed by atoms with van der Waals surface area (Å²) in [6.07, 6.45) is 0.